The van der Waals surface area contributed by atoms with Crippen molar-refractivity contribution in [1.29, 1.82) is 5.26 Å². The van der Waals surface area contributed by atoms with Crippen molar-refractivity contribution in [1.82, 2.24) is 0 Å². The van der Waals surface area contributed by atoms with Crippen LogP contribution in [0.1, 0.15) is 46.1 Å². The number of nitrogens with zero attached hydrogens (tertiary/aromatic N) is 1. The minimum absolute atomic E-state index is 0.176. The summed E-state index contributed by atoms with van der Waals surface area (Å²) in [5.74, 6) is 1.66. The van der Waals surface area contributed by atoms with E-state index in [1.54, 1.807) is 29.5 Å². The predicted molar refractivity (Wildman–Crippen MR) is 95.4 cm³/mol. The summed E-state index contributed by atoms with van der Waals surface area (Å²) in [6.07, 6.45) is 4.20. The number of ether oxygens (including phenoxy) is 2. The summed E-state index contributed by atoms with van der Waals surface area (Å²) in [5, 5.41) is 13.1. The van der Waals surface area contributed by atoms with Crippen LogP contribution in [0.4, 0.5) is 5.00 Å². The summed E-state index contributed by atoms with van der Waals surface area (Å²) in [7, 11) is 0. The SMILES string of the molecule is CC[C@H]1CCc2c(sc(NC(=O)c3ccc4c(c3)OCO4)c2C#N)C1. The molecule has 0 saturated heterocycles. The van der Waals surface area contributed by atoms with Gasteiger partial charge < -0.3 is 14.8 Å². The number of hydrogen-bond donors (Lipinski definition) is 1. The lowest BCUT2D eigenvalue weighted by Gasteiger charge is -2.20. The lowest BCUT2D eigenvalue weighted by atomic mass is 9.86. The molecule has 5 nitrogen and oxygen atoms in total. The van der Waals surface area contributed by atoms with Gasteiger partial charge in [-0.05, 0) is 48.9 Å². The fourth-order valence-corrected chi connectivity index (χ4v) is 4.73. The summed E-state index contributed by atoms with van der Waals surface area (Å²) in [4.78, 5) is 13.9. The van der Waals surface area contributed by atoms with Gasteiger partial charge in [-0.1, -0.05) is 13.3 Å². The van der Waals surface area contributed by atoms with Crippen LogP contribution >= 0.6 is 11.3 Å². The van der Waals surface area contributed by atoms with Crippen LogP contribution in [0.15, 0.2) is 18.2 Å². The molecule has 1 aliphatic heterocycles. The molecule has 4 rings (SSSR count). The number of rotatable bonds is 3. The van der Waals surface area contributed by atoms with E-state index in [2.05, 4.69) is 18.3 Å². The minimum Gasteiger partial charge on any atom is -0.454 e. The van der Waals surface area contributed by atoms with Crippen LogP contribution in [0.3, 0.4) is 0 Å². The van der Waals surface area contributed by atoms with Crippen molar-refractivity contribution >= 4 is 22.2 Å². The van der Waals surface area contributed by atoms with Crippen LogP contribution in [0.25, 0.3) is 0 Å². The molecule has 6 heteroatoms. The first kappa shape index (κ1) is 16.0. The topological polar surface area (TPSA) is 71.3 Å². The summed E-state index contributed by atoms with van der Waals surface area (Å²) >= 11 is 1.54. The van der Waals surface area contributed by atoms with Gasteiger partial charge in [0, 0.05) is 10.4 Å². The third kappa shape index (κ3) is 2.85. The summed E-state index contributed by atoms with van der Waals surface area (Å²) in [5.41, 5.74) is 2.24. The van der Waals surface area contributed by atoms with E-state index < -0.39 is 0 Å². The van der Waals surface area contributed by atoms with Crippen molar-refractivity contribution in [3.8, 4) is 17.6 Å². The number of thiophene rings is 1. The molecule has 1 N–H and O–H groups in total. The first-order valence-electron chi connectivity index (χ1n) is 8.45. The molecule has 128 valence electrons. The summed E-state index contributed by atoms with van der Waals surface area (Å²) in [6.45, 7) is 2.38. The van der Waals surface area contributed by atoms with Crippen LogP contribution < -0.4 is 14.8 Å². The Kier molecular flexibility index (Phi) is 4.10. The zero-order valence-corrected chi connectivity index (χ0v) is 14.7. The van der Waals surface area contributed by atoms with Gasteiger partial charge in [0.2, 0.25) is 6.79 Å². The van der Waals surface area contributed by atoms with E-state index in [1.165, 1.54) is 4.88 Å². The Morgan fingerprint density at radius 3 is 3.04 bits per heavy atom. The number of carbonyl (C=O) groups excluding carboxylic acids is 1. The maximum absolute atomic E-state index is 12.6. The molecule has 1 aliphatic carbocycles. The van der Waals surface area contributed by atoms with E-state index >= 15 is 0 Å². The zero-order chi connectivity index (χ0) is 17.4. The molecular weight excluding hydrogens is 336 g/mol. The van der Waals surface area contributed by atoms with Crippen LogP contribution in [0.5, 0.6) is 11.5 Å². The molecule has 0 saturated carbocycles. The first-order valence-corrected chi connectivity index (χ1v) is 9.27. The Morgan fingerprint density at radius 2 is 2.24 bits per heavy atom. The molecule has 0 radical (unpaired) electrons. The van der Waals surface area contributed by atoms with Crippen molar-refractivity contribution in [2.45, 2.75) is 32.6 Å². The molecule has 0 spiro atoms. The normalized spacial score (nSPS) is 17.7. The second-order valence-electron chi connectivity index (χ2n) is 6.36. The molecule has 1 atom stereocenters. The predicted octanol–water partition coefficient (Wildman–Crippen LogP) is 4.12. The highest BCUT2D eigenvalue weighted by Crippen LogP contribution is 2.40. The van der Waals surface area contributed by atoms with Gasteiger partial charge in [0.25, 0.3) is 5.91 Å². The Labute approximate surface area is 150 Å². The van der Waals surface area contributed by atoms with Crippen molar-refractivity contribution < 1.29 is 14.3 Å². The highest BCUT2D eigenvalue weighted by molar-refractivity contribution is 7.16. The third-order valence-corrected chi connectivity index (χ3v) is 6.09. The summed E-state index contributed by atoms with van der Waals surface area (Å²) in [6, 6.07) is 7.39. The van der Waals surface area contributed by atoms with E-state index in [9.17, 15) is 10.1 Å². The average Bonchev–Trinajstić information content (AvgIpc) is 3.23. The molecule has 1 aromatic heterocycles. The Hall–Kier alpha value is -2.52. The molecule has 1 aromatic carbocycles. The third-order valence-electron chi connectivity index (χ3n) is 4.92. The van der Waals surface area contributed by atoms with Crippen molar-refractivity contribution in [2.24, 2.45) is 5.92 Å². The monoisotopic (exact) mass is 354 g/mol. The smallest absolute Gasteiger partial charge is 0.256 e. The van der Waals surface area contributed by atoms with Crippen LogP contribution in [0.2, 0.25) is 0 Å². The van der Waals surface area contributed by atoms with E-state index in [-0.39, 0.29) is 12.7 Å². The van der Waals surface area contributed by atoms with Gasteiger partial charge in [0.15, 0.2) is 11.5 Å². The van der Waals surface area contributed by atoms with Crippen LogP contribution in [-0.4, -0.2) is 12.7 Å². The number of nitriles is 1. The standard InChI is InChI=1S/C19H18N2O3S/c1-2-11-3-5-13-14(9-20)19(25-17(13)7-11)21-18(22)12-4-6-15-16(8-12)24-10-23-15/h4,6,8,11H,2-3,5,7,10H2,1H3,(H,21,22)/t11-/m0/s1. The fourth-order valence-electron chi connectivity index (χ4n) is 3.42. The number of anilines is 1. The van der Waals surface area contributed by atoms with Gasteiger partial charge in [0.05, 0.1) is 5.56 Å². The number of carbonyl (C=O) groups is 1. The van der Waals surface area contributed by atoms with Crippen molar-refractivity contribution in [3.63, 3.8) is 0 Å². The summed E-state index contributed by atoms with van der Waals surface area (Å²) < 4.78 is 10.6. The first-order chi connectivity index (χ1) is 12.2. The minimum atomic E-state index is -0.236. The second-order valence-corrected chi connectivity index (χ2v) is 7.46. The average molecular weight is 354 g/mol. The van der Waals surface area contributed by atoms with Gasteiger partial charge in [-0.15, -0.1) is 11.3 Å². The van der Waals surface area contributed by atoms with Gasteiger partial charge in [0.1, 0.15) is 11.1 Å². The molecule has 0 bridgehead atoms. The van der Waals surface area contributed by atoms with E-state index in [4.69, 9.17) is 9.47 Å². The van der Waals surface area contributed by atoms with Gasteiger partial charge in [-0.3, -0.25) is 4.79 Å². The molecule has 2 aliphatic rings. The molecular formula is C19H18N2O3S. The molecule has 0 unspecified atom stereocenters. The highest BCUT2D eigenvalue weighted by atomic mass is 32.1. The van der Waals surface area contributed by atoms with E-state index in [0.717, 1.165) is 31.2 Å². The number of nitrogens with one attached hydrogen (secondary N) is 1. The zero-order valence-electron chi connectivity index (χ0n) is 13.9. The highest BCUT2D eigenvalue weighted by Gasteiger charge is 2.26. The number of benzene rings is 1. The quantitative estimate of drug-likeness (QED) is 0.900. The molecule has 2 heterocycles. The number of amides is 1. The second kappa shape index (κ2) is 6.41. The van der Waals surface area contributed by atoms with Gasteiger partial charge in [-0.2, -0.15) is 5.26 Å². The number of fused-ring (bicyclic) bond motifs is 2. The Bertz CT molecular complexity index is 882. The van der Waals surface area contributed by atoms with Crippen LogP contribution in [-0.2, 0) is 12.8 Å². The van der Waals surface area contributed by atoms with Gasteiger partial charge in [-0.25, -0.2) is 0 Å². The number of hydrogen-bond acceptors (Lipinski definition) is 5. The molecule has 2 aromatic rings. The maximum Gasteiger partial charge on any atom is 0.256 e. The van der Waals surface area contributed by atoms with Crippen molar-refractivity contribution in [3.05, 3.63) is 39.8 Å². The lowest BCUT2D eigenvalue weighted by molar-refractivity contribution is 0.102. The van der Waals surface area contributed by atoms with E-state index in [1.807, 2.05) is 0 Å². The lowest BCUT2D eigenvalue weighted by Crippen LogP contribution is -2.12. The van der Waals surface area contributed by atoms with Crippen LogP contribution in [0, 0.1) is 17.2 Å². The maximum atomic E-state index is 12.6. The van der Waals surface area contributed by atoms with Crippen molar-refractivity contribution in [2.75, 3.05) is 12.1 Å². The van der Waals surface area contributed by atoms with Gasteiger partial charge >= 0.3 is 0 Å². The Morgan fingerprint density at radius 1 is 1.40 bits per heavy atom. The largest absolute Gasteiger partial charge is 0.454 e. The van der Waals surface area contributed by atoms with E-state index in [0.29, 0.717) is 33.5 Å². The molecule has 1 amide bonds. The molecule has 0 fully saturated rings. The Balaban J connectivity index is 1.59. The fraction of sp³-hybridized carbons (Fsp3) is 0.368. The molecule has 25 heavy (non-hydrogen) atoms.